The molecule has 1 N–H and O–H groups in total. The summed E-state index contributed by atoms with van der Waals surface area (Å²) in [5, 5.41) is 4.15. The number of benzene rings is 1. The SMILES string of the molecule is CC(=O)N1CCCN(C(C)C)CCNCc2ccc(Cl)cc21.Cl.Cl. The minimum Gasteiger partial charge on any atom is -0.312 e. The van der Waals surface area contributed by atoms with Crippen molar-refractivity contribution in [3.8, 4) is 0 Å². The van der Waals surface area contributed by atoms with Crippen LogP contribution in [0.1, 0.15) is 32.8 Å². The van der Waals surface area contributed by atoms with Crippen molar-refractivity contribution in [2.75, 3.05) is 31.1 Å². The van der Waals surface area contributed by atoms with E-state index in [1.54, 1.807) is 6.92 Å². The summed E-state index contributed by atoms with van der Waals surface area (Å²) in [6.07, 6.45) is 0.962. The fourth-order valence-corrected chi connectivity index (χ4v) is 3.06. The van der Waals surface area contributed by atoms with E-state index >= 15 is 0 Å². The number of halogens is 3. The lowest BCUT2D eigenvalue weighted by atomic mass is 10.1. The summed E-state index contributed by atoms with van der Waals surface area (Å²) in [6.45, 7) is 10.5. The van der Waals surface area contributed by atoms with Gasteiger partial charge in [-0.15, -0.1) is 24.8 Å². The van der Waals surface area contributed by atoms with Crippen LogP contribution in [0.25, 0.3) is 0 Å². The van der Waals surface area contributed by atoms with Crippen LogP contribution in [0.2, 0.25) is 5.02 Å². The van der Waals surface area contributed by atoms with Gasteiger partial charge >= 0.3 is 0 Å². The van der Waals surface area contributed by atoms with Gasteiger partial charge in [0.2, 0.25) is 5.91 Å². The highest BCUT2D eigenvalue weighted by atomic mass is 35.5. The van der Waals surface area contributed by atoms with Crippen molar-refractivity contribution in [3.63, 3.8) is 0 Å². The second-order valence-corrected chi connectivity index (χ2v) is 6.54. The molecule has 0 unspecified atom stereocenters. The maximum atomic E-state index is 12.1. The Labute approximate surface area is 162 Å². The molecule has 0 bridgehead atoms. The fraction of sp³-hybridized carbons (Fsp3) is 0.588. The molecule has 138 valence electrons. The molecule has 0 saturated heterocycles. The summed E-state index contributed by atoms with van der Waals surface area (Å²) in [4.78, 5) is 16.4. The number of hydrogen-bond acceptors (Lipinski definition) is 3. The summed E-state index contributed by atoms with van der Waals surface area (Å²) >= 11 is 6.14. The quantitative estimate of drug-likeness (QED) is 0.785. The van der Waals surface area contributed by atoms with Gasteiger partial charge < -0.3 is 10.2 Å². The number of fused-ring (bicyclic) bond motifs is 1. The first-order chi connectivity index (χ1) is 10.5. The first-order valence-corrected chi connectivity index (χ1v) is 8.38. The van der Waals surface area contributed by atoms with Crippen LogP contribution in [-0.2, 0) is 11.3 Å². The largest absolute Gasteiger partial charge is 0.312 e. The lowest BCUT2D eigenvalue weighted by Crippen LogP contribution is -2.38. The summed E-state index contributed by atoms with van der Waals surface area (Å²) in [7, 11) is 0. The Bertz CT molecular complexity index is 526. The van der Waals surface area contributed by atoms with Gasteiger partial charge in [0, 0.05) is 56.4 Å². The Morgan fingerprint density at radius 2 is 1.92 bits per heavy atom. The molecule has 1 amide bonds. The molecule has 1 aliphatic heterocycles. The first-order valence-electron chi connectivity index (χ1n) is 8.00. The molecule has 1 heterocycles. The minimum atomic E-state index is 0. The van der Waals surface area contributed by atoms with E-state index in [1.807, 2.05) is 23.1 Å². The molecular formula is C17H28Cl3N3O. The number of anilines is 1. The van der Waals surface area contributed by atoms with Crippen molar-refractivity contribution in [2.45, 2.75) is 39.8 Å². The molecule has 0 aromatic heterocycles. The van der Waals surface area contributed by atoms with Crippen molar-refractivity contribution < 1.29 is 4.79 Å². The third kappa shape index (κ3) is 6.41. The van der Waals surface area contributed by atoms with Gasteiger partial charge in [-0.25, -0.2) is 0 Å². The zero-order valence-corrected chi connectivity index (χ0v) is 16.9. The van der Waals surface area contributed by atoms with Gasteiger partial charge in [0.05, 0.1) is 0 Å². The number of nitrogens with zero attached hydrogens (tertiary/aromatic N) is 2. The van der Waals surface area contributed by atoms with E-state index in [-0.39, 0.29) is 30.7 Å². The molecule has 1 aromatic carbocycles. The van der Waals surface area contributed by atoms with Gasteiger partial charge in [-0.2, -0.15) is 0 Å². The molecule has 2 rings (SSSR count). The Balaban J connectivity index is 0.00000264. The molecule has 1 aliphatic rings. The van der Waals surface area contributed by atoms with Crippen LogP contribution in [-0.4, -0.2) is 43.0 Å². The third-order valence-electron chi connectivity index (χ3n) is 4.17. The lowest BCUT2D eigenvalue weighted by Gasteiger charge is -2.27. The van der Waals surface area contributed by atoms with Crippen molar-refractivity contribution in [1.82, 2.24) is 10.2 Å². The number of carbonyl (C=O) groups excluding carboxylic acids is 1. The maximum absolute atomic E-state index is 12.1. The molecule has 24 heavy (non-hydrogen) atoms. The van der Waals surface area contributed by atoms with Gasteiger partial charge in [-0.1, -0.05) is 17.7 Å². The van der Waals surface area contributed by atoms with Crippen molar-refractivity contribution in [1.29, 1.82) is 0 Å². The monoisotopic (exact) mass is 395 g/mol. The molecule has 0 spiro atoms. The molecule has 0 fully saturated rings. The average Bonchev–Trinajstić information content (AvgIpc) is 2.49. The van der Waals surface area contributed by atoms with Crippen molar-refractivity contribution >= 4 is 48.0 Å². The van der Waals surface area contributed by atoms with E-state index in [9.17, 15) is 4.79 Å². The number of amides is 1. The maximum Gasteiger partial charge on any atom is 0.223 e. The highest BCUT2D eigenvalue weighted by Gasteiger charge is 2.18. The van der Waals surface area contributed by atoms with Crippen LogP contribution in [0.4, 0.5) is 5.69 Å². The van der Waals surface area contributed by atoms with E-state index in [4.69, 9.17) is 11.6 Å². The fourth-order valence-electron chi connectivity index (χ4n) is 2.89. The molecule has 0 aliphatic carbocycles. The second-order valence-electron chi connectivity index (χ2n) is 6.10. The van der Waals surface area contributed by atoms with E-state index < -0.39 is 0 Å². The van der Waals surface area contributed by atoms with E-state index in [0.717, 1.165) is 50.4 Å². The lowest BCUT2D eigenvalue weighted by molar-refractivity contribution is -0.116. The normalized spacial score (nSPS) is 16.5. The van der Waals surface area contributed by atoms with E-state index in [1.165, 1.54) is 0 Å². The Hall–Kier alpha value is -0.520. The molecule has 4 nitrogen and oxygen atoms in total. The van der Waals surface area contributed by atoms with Gasteiger partial charge in [0.15, 0.2) is 0 Å². The van der Waals surface area contributed by atoms with E-state index in [0.29, 0.717) is 11.1 Å². The van der Waals surface area contributed by atoms with Crippen molar-refractivity contribution in [2.24, 2.45) is 0 Å². The number of rotatable bonds is 1. The Morgan fingerprint density at radius 1 is 1.21 bits per heavy atom. The standard InChI is InChI=1S/C17H26ClN3O.2ClH/c1-13(2)20-8-4-9-21(14(3)22)17-11-16(18)6-5-15(17)12-19-7-10-20;;/h5-6,11,13,19H,4,7-10,12H2,1-3H3;2*1H. The number of carbonyl (C=O) groups is 1. The zero-order chi connectivity index (χ0) is 16.1. The molecule has 7 heteroatoms. The highest BCUT2D eigenvalue weighted by molar-refractivity contribution is 6.31. The number of nitrogens with one attached hydrogen (secondary N) is 1. The van der Waals surface area contributed by atoms with Crippen LogP contribution in [0.5, 0.6) is 0 Å². The van der Waals surface area contributed by atoms with Gasteiger partial charge in [0.25, 0.3) is 0 Å². The summed E-state index contributed by atoms with van der Waals surface area (Å²) in [6, 6.07) is 6.32. The Morgan fingerprint density at radius 3 is 2.54 bits per heavy atom. The zero-order valence-electron chi connectivity index (χ0n) is 14.5. The predicted molar refractivity (Wildman–Crippen MR) is 107 cm³/mol. The van der Waals surface area contributed by atoms with Crippen LogP contribution in [0.3, 0.4) is 0 Å². The number of hydrogen-bond donors (Lipinski definition) is 1. The van der Waals surface area contributed by atoms with Crippen LogP contribution >= 0.6 is 36.4 Å². The van der Waals surface area contributed by atoms with Crippen LogP contribution in [0, 0.1) is 0 Å². The van der Waals surface area contributed by atoms with Crippen molar-refractivity contribution in [3.05, 3.63) is 28.8 Å². The van der Waals surface area contributed by atoms with Crippen LogP contribution < -0.4 is 10.2 Å². The van der Waals surface area contributed by atoms with Gasteiger partial charge in [-0.3, -0.25) is 9.69 Å². The molecular weight excluding hydrogens is 369 g/mol. The second kappa shape index (κ2) is 11.2. The van der Waals surface area contributed by atoms with Gasteiger partial charge in [0.1, 0.15) is 0 Å². The summed E-state index contributed by atoms with van der Waals surface area (Å²) in [5.41, 5.74) is 2.06. The summed E-state index contributed by atoms with van der Waals surface area (Å²) < 4.78 is 0. The molecule has 1 aromatic rings. The van der Waals surface area contributed by atoms with E-state index in [2.05, 4.69) is 24.1 Å². The van der Waals surface area contributed by atoms with Gasteiger partial charge in [-0.05, 0) is 38.0 Å². The summed E-state index contributed by atoms with van der Waals surface area (Å²) in [5.74, 6) is 0.0684. The highest BCUT2D eigenvalue weighted by Crippen LogP contribution is 2.26. The van der Waals surface area contributed by atoms with Crippen LogP contribution in [0.15, 0.2) is 18.2 Å². The smallest absolute Gasteiger partial charge is 0.223 e. The topological polar surface area (TPSA) is 35.6 Å². The third-order valence-corrected chi connectivity index (χ3v) is 4.40. The Kier molecular flexibility index (Phi) is 10.9. The minimum absolute atomic E-state index is 0. The predicted octanol–water partition coefficient (Wildman–Crippen LogP) is 3.74. The average molecular weight is 397 g/mol. The molecule has 0 saturated carbocycles. The first kappa shape index (κ1) is 23.5. The molecule has 0 atom stereocenters. The molecule has 0 radical (unpaired) electrons.